The van der Waals surface area contributed by atoms with E-state index < -0.39 is 11.5 Å². The molecule has 1 N–H and O–H groups in total. The topological polar surface area (TPSA) is 82.5 Å². The maximum atomic E-state index is 12.6. The summed E-state index contributed by atoms with van der Waals surface area (Å²) >= 11 is 0. The van der Waals surface area contributed by atoms with Gasteiger partial charge < -0.3 is 14.0 Å². The smallest absolute Gasteiger partial charge is 0.413 e. The highest BCUT2D eigenvalue weighted by molar-refractivity contribution is 5.89. The number of rotatable bonds is 7. The number of aromatic nitrogens is 2. The van der Waals surface area contributed by atoms with Gasteiger partial charge in [-0.3, -0.25) is 10.1 Å². The normalized spacial score (nSPS) is 14.5. The molecule has 0 spiro atoms. The molecule has 1 atom stereocenters. The van der Waals surface area contributed by atoms with E-state index in [1.807, 2.05) is 92.8 Å². The maximum absolute atomic E-state index is 12.6. The largest absolute Gasteiger partial charge is 0.468 e. The fraction of sp³-hybridized carbons (Fsp3) is 0.233. The zero-order chi connectivity index (χ0) is 26.0. The van der Waals surface area contributed by atoms with Crippen LogP contribution < -0.4 is 5.32 Å². The summed E-state index contributed by atoms with van der Waals surface area (Å²) in [7, 11) is 3.26. The second kappa shape index (κ2) is 9.93. The first-order valence-electron chi connectivity index (χ1n) is 12.2. The van der Waals surface area contributed by atoms with E-state index in [1.165, 1.54) is 7.11 Å². The number of aryl methyl sites for hydroxylation is 1. The lowest BCUT2D eigenvalue weighted by atomic mass is 9.93. The highest BCUT2D eigenvalue weighted by Crippen LogP contribution is 2.49. The highest BCUT2D eigenvalue weighted by Gasteiger charge is 2.52. The first-order valence-corrected chi connectivity index (χ1v) is 12.2. The predicted molar refractivity (Wildman–Crippen MR) is 142 cm³/mol. The van der Waals surface area contributed by atoms with Crippen LogP contribution in [0.5, 0.6) is 0 Å². The number of benzene rings is 3. The van der Waals surface area contributed by atoms with Crippen molar-refractivity contribution in [2.75, 3.05) is 12.4 Å². The predicted octanol–water partition coefficient (Wildman–Crippen LogP) is 6.27. The summed E-state index contributed by atoms with van der Waals surface area (Å²) < 4.78 is 12.3. The second-order valence-electron chi connectivity index (χ2n) is 9.36. The lowest BCUT2D eigenvalue weighted by Crippen LogP contribution is -2.21. The minimum Gasteiger partial charge on any atom is -0.468 e. The van der Waals surface area contributed by atoms with Crippen LogP contribution in [0.2, 0.25) is 0 Å². The summed E-state index contributed by atoms with van der Waals surface area (Å²) in [6.07, 6.45) is 2.39. The van der Waals surface area contributed by atoms with Gasteiger partial charge in [0.1, 0.15) is 17.6 Å². The van der Waals surface area contributed by atoms with Crippen molar-refractivity contribution in [2.45, 2.75) is 31.3 Å². The van der Waals surface area contributed by atoms with Crippen molar-refractivity contribution in [2.24, 2.45) is 7.05 Å². The number of carbonyl (C=O) groups excluding carboxylic acids is 2. The van der Waals surface area contributed by atoms with Gasteiger partial charge in [-0.05, 0) is 42.0 Å². The molecule has 0 aliphatic heterocycles. The highest BCUT2D eigenvalue weighted by atomic mass is 16.6. The van der Waals surface area contributed by atoms with Crippen molar-refractivity contribution >= 4 is 17.9 Å². The molecule has 7 heteroatoms. The Hall–Kier alpha value is -4.39. The van der Waals surface area contributed by atoms with Crippen molar-refractivity contribution in [3.8, 4) is 22.4 Å². The van der Waals surface area contributed by atoms with Crippen LogP contribution in [0, 0.1) is 0 Å². The van der Waals surface area contributed by atoms with Crippen LogP contribution in [0.15, 0.2) is 85.2 Å². The molecule has 0 bridgehead atoms. The van der Waals surface area contributed by atoms with Crippen LogP contribution in [0.4, 0.5) is 10.6 Å². The Labute approximate surface area is 216 Å². The number of hydrogen-bond donors (Lipinski definition) is 1. The van der Waals surface area contributed by atoms with Crippen molar-refractivity contribution in [1.29, 1.82) is 0 Å². The van der Waals surface area contributed by atoms with E-state index in [0.717, 1.165) is 40.7 Å². The van der Waals surface area contributed by atoms with Gasteiger partial charge in [0.15, 0.2) is 0 Å². The van der Waals surface area contributed by atoms with Crippen LogP contribution >= 0.6 is 0 Å². The molecule has 7 nitrogen and oxygen atoms in total. The molecule has 1 heterocycles. The van der Waals surface area contributed by atoms with E-state index in [9.17, 15) is 9.59 Å². The number of amides is 1. The van der Waals surface area contributed by atoms with Crippen molar-refractivity contribution < 1.29 is 19.1 Å². The number of ether oxygens (including phenoxy) is 2. The first kappa shape index (κ1) is 24.3. The Morgan fingerprint density at radius 2 is 1.51 bits per heavy atom. The van der Waals surface area contributed by atoms with Crippen LogP contribution in [-0.2, 0) is 26.7 Å². The Bertz CT molecular complexity index is 1410. The molecule has 5 rings (SSSR count). The average Bonchev–Trinajstić information content (AvgIpc) is 3.67. The summed E-state index contributed by atoms with van der Waals surface area (Å²) in [5.74, 6) is 0.391. The number of imidazole rings is 1. The molecule has 1 aromatic heterocycles. The molecule has 188 valence electrons. The molecule has 1 amide bonds. The van der Waals surface area contributed by atoms with E-state index in [1.54, 1.807) is 10.9 Å². The van der Waals surface area contributed by atoms with Gasteiger partial charge >= 0.3 is 12.1 Å². The van der Waals surface area contributed by atoms with Crippen LogP contribution in [-0.4, -0.2) is 28.7 Å². The summed E-state index contributed by atoms with van der Waals surface area (Å²) in [6, 6.07) is 25.7. The molecule has 37 heavy (non-hydrogen) atoms. The lowest BCUT2D eigenvalue weighted by molar-refractivity contribution is -0.143. The lowest BCUT2D eigenvalue weighted by Gasteiger charge is -2.15. The first-order chi connectivity index (χ1) is 17.9. The van der Waals surface area contributed by atoms with Crippen LogP contribution in [0.1, 0.15) is 37.0 Å². The molecule has 0 radical (unpaired) electrons. The third-order valence-electron chi connectivity index (χ3n) is 6.97. The monoisotopic (exact) mass is 495 g/mol. The van der Waals surface area contributed by atoms with Gasteiger partial charge in [-0.15, -0.1) is 0 Å². The number of nitrogens with one attached hydrogen (secondary N) is 1. The molecule has 1 fully saturated rings. The summed E-state index contributed by atoms with van der Waals surface area (Å²) in [4.78, 5) is 29.3. The van der Waals surface area contributed by atoms with Gasteiger partial charge in [0.2, 0.25) is 0 Å². The summed E-state index contributed by atoms with van der Waals surface area (Å²) in [5.41, 5.74) is 5.06. The third-order valence-corrected chi connectivity index (χ3v) is 6.97. The second-order valence-corrected chi connectivity index (χ2v) is 9.36. The standard InChI is InChI=1S/C30H29N3O4/c1-20(21-7-5-4-6-8-21)37-29(35)32-27-26(31-19-33(27)2)24-11-9-22(10-12-24)23-13-15-25(16-14-23)30(17-18-30)28(34)36-3/h4-16,19-20H,17-18H2,1-3H3,(H,32,35). The van der Waals surface area contributed by atoms with Gasteiger partial charge in [-0.1, -0.05) is 78.9 Å². The molecule has 4 aromatic rings. The fourth-order valence-corrected chi connectivity index (χ4v) is 4.60. The molecule has 0 saturated heterocycles. The third kappa shape index (κ3) is 4.85. The minimum atomic E-state index is -0.543. The van der Waals surface area contributed by atoms with Crippen molar-refractivity contribution in [3.05, 3.63) is 96.3 Å². The van der Waals surface area contributed by atoms with E-state index in [-0.39, 0.29) is 12.1 Å². The zero-order valence-electron chi connectivity index (χ0n) is 21.1. The van der Waals surface area contributed by atoms with Gasteiger partial charge in [0, 0.05) is 12.6 Å². The molecule has 1 aliphatic rings. The summed E-state index contributed by atoms with van der Waals surface area (Å²) in [5, 5.41) is 2.85. The van der Waals surface area contributed by atoms with Gasteiger partial charge in [0.05, 0.1) is 18.9 Å². The number of carbonyl (C=O) groups is 2. The van der Waals surface area contributed by atoms with Gasteiger partial charge in [-0.25, -0.2) is 9.78 Å². The fourth-order valence-electron chi connectivity index (χ4n) is 4.60. The Morgan fingerprint density at radius 3 is 2.11 bits per heavy atom. The average molecular weight is 496 g/mol. The summed E-state index contributed by atoms with van der Waals surface area (Å²) in [6.45, 7) is 1.84. The van der Waals surface area contributed by atoms with E-state index in [2.05, 4.69) is 10.3 Å². The molecular weight excluding hydrogens is 466 g/mol. The quantitative estimate of drug-likeness (QED) is 0.306. The number of nitrogens with zero attached hydrogens (tertiary/aromatic N) is 2. The van der Waals surface area contributed by atoms with Gasteiger partial charge in [-0.2, -0.15) is 0 Å². The number of hydrogen-bond acceptors (Lipinski definition) is 5. The van der Waals surface area contributed by atoms with E-state index >= 15 is 0 Å². The van der Waals surface area contributed by atoms with E-state index in [0.29, 0.717) is 11.5 Å². The number of methoxy groups -OCH3 is 1. The molecule has 1 saturated carbocycles. The molecular formula is C30H29N3O4. The van der Waals surface area contributed by atoms with Crippen LogP contribution in [0.3, 0.4) is 0 Å². The van der Waals surface area contributed by atoms with Crippen LogP contribution in [0.25, 0.3) is 22.4 Å². The number of esters is 1. The number of anilines is 1. The molecule has 3 aromatic carbocycles. The van der Waals surface area contributed by atoms with Crippen molar-refractivity contribution in [1.82, 2.24) is 9.55 Å². The maximum Gasteiger partial charge on any atom is 0.413 e. The molecule has 1 unspecified atom stereocenters. The van der Waals surface area contributed by atoms with Crippen molar-refractivity contribution in [3.63, 3.8) is 0 Å². The Morgan fingerprint density at radius 1 is 0.919 bits per heavy atom. The minimum absolute atomic E-state index is 0.164. The Kier molecular flexibility index (Phi) is 6.53. The molecule has 1 aliphatic carbocycles. The SMILES string of the molecule is COC(=O)C1(c2ccc(-c3ccc(-c4ncn(C)c4NC(=O)OC(C)c4ccccc4)cc3)cc2)CC1. The van der Waals surface area contributed by atoms with Gasteiger partial charge in [0.25, 0.3) is 0 Å². The zero-order valence-corrected chi connectivity index (χ0v) is 21.1. The van der Waals surface area contributed by atoms with E-state index in [4.69, 9.17) is 9.47 Å². The Balaban J connectivity index is 1.30.